The standard InChI is InChI=1S/C7H7NO3S/c1-10-7(9)6-3-2-5(11-12)4-8-6/h2-4,12H,1H3. The van der Waals surface area contributed by atoms with Crippen LogP contribution >= 0.6 is 12.9 Å². The van der Waals surface area contributed by atoms with Gasteiger partial charge in [0, 0.05) is 12.9 Å². The van der Waals surface area contributed by atoms with Gasteiger partial charge in [-0.1, -0.05) is 0 Å². The summed E-state index contributed by atoms with van der Waals surface area (Å²) in [6, 6.07) is 3.07. The highest BCUT2D eigenvalue weighted by Gasteiger charge is 2.05. The lowest BCUT2D eigenvalue weighted by molar-refractivity contribution is 0.0594. The van der Waals surface area contributed by atoms with Gasteiger partial charge < -0.3 is 8.92 Å². The van der Waals surface area contributed by atoms with Crippen molar-refractivity contribution in [3.63, 3.8) is 0 Å². The fourth-order valence-electron chi connectivity index (χ4n) is 0.660. The van der Waals surface area contributed by atoms with Crippen LogP contribution < -0.4 is 4.18 Å². The molecule has 1 rings (SSSR count). The molecule has 0 amide bonds. The lowest BCUT2D eigenvalue weighted by Crippen LogP contribution is -2.03. The molecule has 0 atom stereocenters. The predicted octanol–water partition coefficient (Wildman–Crippen LogP) is 1.09. The molecular weight excluding hydrogens is 178 g/mol. The van der Waals surface area contributed by atoms with Gasteiger partial charge in [-0.3, -0.25) is 0 Å². The molecule has 0 fully saturated rings. The van der Waals surface area contributed by atoms with Crippen molar-refractivity contribution in [3.8, 4) is 5.75 Å². The molecule has 0 aliphatic rings. The molecule has 0 spiro atoms. The molecule has 0 saturated heterocycles. The number of carbonyl (C=O) groups is 1. The van der Waals surface area contributed by atoms with E-state index in [1.54, 1.807) is 6.07 Å². The van der Waals surface area contributed by atoms with Crippen LogP contribution in [0.2, 0.25) is 0 Å². The van der Waals surface area contributed by atoms with Crippen molar-refractivity contribution in [1.29, 1.82) is 0 Å². The number of methoxy groups -OCH3 is 1. The molecule has 1 aromatic heterocycles. The molecule has 0 bridgehead atoms. The number of nitrogens with zero attached hydrogens (tertiary/aromatic N) is 1. The monoisotopic (exact) mass is 185 g/mol. The summed E-state index contributed by atoms with van der Waals surface area (Å²) in [5, 5.41) is 0. The molecule has 4 nitrogen and oxygen atoms in total. The fourth-order valence-corrected chi connectivity index (χ4v) is 0.768. The third kappa shape index (κ3) is 1.88. The van der Waals surface area contributed by atoms with Crippen molar-refractivity contribution < 1.29 is 13.7 Å². The Labute approximate surface area is 75.1 Å². The first-order valence-corrected chi connectivity index (χ1v) is 3.50. The first-order valence-electron chi connectivity index (χ1n) is 3.13. The van der Waals surface area contributed by atoms with Gasteiger partial charge in [-0.15, -0.1) is 0 Å². The smallest absolute Gasteiger partial charge is 0.356 e. The lowest BCUT2D eigenvalue weighted by atomic mass is 10.3. The Morgan fingerprint density at radius 1 is 1.58 bits per heavy atom. The zero-order chi connectivity index (χ0) is 8.97. The number of hydrogen-bond acceptors (Lipinski definition) is 5. The zero-order valence-electron chi connectivity index (χ0n) is 6.35. The zero-order valence-corrected chi connectivity index (χ0v) is 7.25. The summed E-state index contributed by atoms with van der Waals surface area (Å²) in [5.74, 6) is 0.00620. The molecule has 1 heterocycles. The van der Waals surface area contributed by atoms with E-state index in [9.17, 15) is 4.79 Å². The molecule has 0 saturated carbocycles. The number of aromatic nitrogens is 1. The van der Waals surface area contributed by atoms with Gasteiger partial charge in [0.2, 0.25) is 0 Å². The minimum absolute atomic E-state index is 0.242. The minimum Gasteiger partial charge on any atom is -0.464 e. The summed E-state index contributed by atoms with van der Waals surface area (Å²) in [6.07, 6.45) is 1.39. The Bertz CT molecular complexity index is 272. The second kappa shape index (κ2) is 3.96. The molecular formula is C7H7NO3S. The lowest BCUT2D eigenvalue weighted by Gasteiger charge is -1.98. The third-order valence-corrected chi connectivity index (χ3v) is 1.45. The van der Waals surface area contributed by atoms with Crippen LogP contribution in [0.4, 0.5) is 0 Å². The van der Waals surface area contributed by atoms with Crippen molar-refractivity contribution in [1.82, 2.24) is 4.98 Å². The SMILES string of the molecule is COC(=O)c1ccc(OS)cn1. The highest BCUT2D eigenvalue weighted by atomic mass is 32.1. The Hall–Kier alpha value is -1.23. The first-order chi connectivity index (χ1) is 5.77. The van der Waals surface area contributed by atoms with Crippen LogP contribution in [-0.2, 0) is 4.74 Å². The van der Waals surface area contributed by atoms with Crippen molar-refractivity contribution in [2.75, 3.05) is 7.11 Å². The van der Waals surface area contributed by atoms with E-state index in [0.29, 0.717) is 5.75 Å². The summed E-state index contributed by atoms with van der Waals surface area (Å²) < 4.78 is 9.01. The minimum atomic E-state index is -0.472. The van der Waals surface area contributed by atoms with Crippen LogP contribution in [0.3, 0.4) is 0 Å². The van der Waals surface area contributed by atoms with E-state index in [2.05, 4.69) is 26.8 Å². The van der Waals surface area contributed by atoms with Crippen LogP contribution in [0.5, 0.6) is 5.75 Å². The number of rotatable bonds is 2. The highest BCUT2D eigenvalue weighted by Crippen LogP contribution is 2.10. The van der Waals surface area contributed by atoms with Crippen molar-refractivity contribution in [2.45, 2.75) is 0 Å². The normalized spacial score (nSPS) is 9.17. The van der Waals surface area contributed by atoms with Crippen molar-refractivity contribution in [2.24, 2.45) is 0 Å². The number of ether oxygens (including phenoxy) is 1. The molecule has 5 heteroatoms. The van der Waals surface area contributed by atoms with E-state index in [1.165, 1.54) is 19.4 Å². The topological polar surface area (TPSA) is 48.4 Å². The molecule has 0 aliphatic carbocycles. The van der Waals surface area contributed by atoms with Gasteiger partial charge in [0.1, 0.15) is 5.69 Å². The summed E-state index contributed by atoms with van der Waals surface area (Å²) >= 11 is 3.56. The van der Waals surface area contributed by atoms with E-state index in [4.69, 9.17) is 0 Å². The Balaban J connectivity index is 2.84. The maximum Gasteiger partial charge on any atom is 0.356 e. The van der Waals surface area contributed by atoms with Gasteiger partial charge in [-0.25, -0.2) is 9.78 Å². The maximum absolute atomic E-state index is 10.9. The summed E-state index contributed by atoms with van der Waals surface area (Å²) in [4.78, 5) is 14.6. The molecule has 64 valence electrons. The molecule has 0 radical (unpaired) electrons. The largest absolute Gasteiger partial charge is 0.464 e. The highest BCUT2D eigenvalue weighted by molar-refractivity contribution is 7.75. The quantitative estimate of drug-likeness (QED) is 0.425. The van der Waals surface area contributed by atoms with Gasteiger partial charge in [0.15, 0.2) is 5.75 Å². The number of esters is 1. The van der Waals surface area contributed by atoms with Crippen molar-refractivity contribution in [3.05, 3.63) is 24.0 Å². The van der Waals surface area contributed by atoms with Crippen LogP contribution in [-0.4, -0.2) is 18.1 Å². The average Bonchev–Trinajstić information content (AvgIpc) is 2.17. The molecule has 12 heavy (non-hydrogen) atoms. The summed E-state index contributed by atoms with van der Waals surface area (Å²) in [5.41, 5.74) is 0.242. The summed E-state index contributed by atoms with van der Waals surface area (Å²) in [7, 11) is 1.30. The Morgan fingerprint density at radius 2 is 2.33 bits per heavy atom. The van der Waals surface area contributed by atoms with E-state index < -0.39 is 5.97 Å². The van der Waals surface area contributed by atoms with E-state index in [1.807, 2.05) is 0 Å². The molecule has 1 aromatic rings. The van der Waals surface area contributed by atoms with Gasteiger partial charge in [0.05, 0.1) is 13.3 Å². The Morgan fingerprint density at radius 3 is 2.75 bits per heavy atom. The average molecular weight is 185 g/mol. The molecule has 0 aliphatic heterocycles. The van der Waals surface area contributed by atoms with Crippen molar-refractivity contribution >= 4 is 18.9 Å². The van der Waals surface area contributed by atoms with Gasteiger partial charge in [0.25, 0.3) is 0 Å². The van der Waals surface area contributed by atoms with Crippen LogP contribution in [0.25, 0.3) is 0 Å². The number of carbonyl (C=O) groups excluding carboxylic acids is 1. The molecule has 0 unspecified atom stereocenters. The van der Waals surface area contributed by atoms with E-state index >= 15 is 0 Å². The van der Waals surface area contributed by atoms with Gasteiger partial charge >= 0.3 is 5.97 Å². The predicted molar refractivity (Wildman–Crippen MR) is 45.2 cm³/mol. The number of thiol groups is 1. The second-order valence-electron chi connectivity index (χ2n) is 1.96. The van der Waals surface area contributed by atoms with E-state index in [-0.39, 0.29) is 5.69 Å². The molecule has 0 N–H and O–H groups in total. The van der Waals surface area contributed by atoms with Crippen LogP contribution in [0, 0.1) is 0 Å². The maximum atomic E-state index is 10.9. The van der Waals surface area contributed by atoms with Crippen LogP contribution in [0.1, 0.15) is 10.5 Å². The first kappa shape index (κ1) is 8.86. The summed E-state index contributed by atoms with van der Waals surface area (Å²) in [6.45, 7) is 0. The number of hydrogen-bond donors (Lipinski definition) is 1. The number of pyridine rings is 1. The Kier molecular flexibility index (Phi) is 2.93. The molecule has 0 aromatic carbocycles. The fraction of sp³-hybridized carbons (Fsp3) is 0.143. The third-order valence-electron chi connectivity index (χ3n) is 1.24. The van der Waals surface area contributed by atoms with E-state index in [0.717, 1.165) is 0 Å². The second-order valence-corrected chi connectivity index (χ2v) is 2.14. The van der Waals surface area contributed by atoms with Crippen LogP contribution in [0.15, 0.2) is 18.3 Å². The van der Waals surface area contributed by atoms with Gasteiger partial charge in [-0.2, -0.15) is 0 Å². The van der Waals surface area contributed by atoms with Gasteiger partial charge in [-0.05, 0) is 12.1 Å².